The summed E-state index contributed by atoms with van der Waals surface area (Å²) < 4.78 is 0. The number of hydrogen-bond donors (Lipinski definition) is 3. The van der Waals surface area contributed by atoms with Gasteiger partial charge in [0.15, 0.2) is 0 Å². The van der Waals surface area contributed by atoms with E-state index in [9.17, 15) is 19.2 Å². The molecule has 224 valence electrons. The van der Waals surface area contributed by atoms with Crippen LogP contribution in [0, 0.1) is 12.3 Å². The Labute approximate surface area is 247 Å². The highest BCUT2D eigenvalue weighted by molar-refractivity contribution is 7.13. The molecule has 0 aliphatic carbocycles. The van der Waals surface area contributed by atoms with E-state index in [1.54, 1.807) is 16.2 Å². The van der Waals surface area contributed by atoms with Crippen molar-refractivity contribution in [2.24, 2.45) is 5.41 Å². The van der Waals surface area contributed by atoms with Crippen LogP contribution >= 0.6 is 11.3 Å². The van der Waals surface area contributed by atoms with Crippen molar-refractivity contribution in [3.63, 3.8) is 0 Å². The van der Waals surface area contributed by atoms with Crippen molar-refractivity contribution in [3.8, 4) is 10.4 Å². The first-order chi connectivity index (χ1) is 19.5. The summed E-state index contributed by atoms with van der Waals surface area (Å²) in [6.45, 7) is 8.59. The fourth-order valence-corrected chi connectivity index (χ4v) is 5.91. The second-order valence-corrected chi connectivity index (χ2v) is 12.8. The Morgan fingerprint density at radius 2 is 1.71 bits per heavy atom. The van der Waals surface area contributed by atoms with Crippen LogP contribution in [0.5, 0.6) is 0 Å². The molecule has 3 amide bonds. The molecule has 1 aliphatic heterocycles. The van der Waals surface area contributed by atoms with Gasteiger partial charge in [-0.3, -0.25) is 19.2 Å². The topological polar surface area (TPSA) is 129 Å². The number of carboxylic acid groups (broad SMARTS) is 1. The Morgan fingerprint density at radius 1 is 1.05 bits per heavy atom. The number of carbonyl (C=O) groups is 4. The minimum atomic E-state index is -0.784. The quantitative estimate of drug-likeness (QED) is 0.266. The normalized spacial score (nSPS) is 15.9. The second-order valence-electron chi connectivity index (χ2n) is 11.9. The molecule has 10 heteroatoms. The molecule has 0 bridgehead atoms. The summed E-state index contributed by atoms with van der Waals surface area (Å²) in [7, 11) is 0. The number of nitrogens with zero attached hydrogens (tertiary/aromatic N) is 2. The molecule has 2 heterocycles. The molecule has 0 spiro atoms. The molecule has 1 saturated heterocycles. The molecule has 1 aliphatic rings. The molecule has 9 nitrogen and oxygen atoms in total. The smallest absolute Gasteiger partial charge is 0.303 e. The van der Waals surface area contributed by atoms with Crippen LogP contribution in [-0.4, -0.2) is 57.3 Å². The third kappa shape index (κ3) is 9.66. The van der Waals surface area contributed by atoms with Gasteiger partial charge in [-0.05, 0) is 49.1 Å². The van der Waals surface area contributed by atoms with E-state index in [0.717, 1.165) is 47.4 Å². The highest BCUT2D eigenvalue weighted by Gasteiger charge is 2.41. The molecule has 0 radical (unpaired) electrons. The van der Waals surface area contributed by atoms with Crippen molar-refractivity contribution in [2.45, 2.75) is 104 Å². The molecule has 41 heavy (non-hydrogen) atoms. The van der Waals surface area contributed by atoms with E-state index in [1.807, 2.05) is 57.5 Å². The van der Waals surface area contributed by atoms with Crippen molar-refractivity contribution in [1.29, 1.82) is 0 Å². The predicted molar refractivity (Wildman–Crippen MR) is 160 cm³/mol. The van der Waals surface area contributed by atoms with Gasteiger partial charge in [-0.2, -0.15) is 0 Å². The summed E-state index contributed by atoms with van der Waals surface area (Å²) in [5.74, 6) is -1.37. The summed E-state index contributed by atoms with van der Waals surface area (Å²) >= 11 is 1.60. The van der Waals surface area contributed by atoms with Crippen LogP contribution in [-0.2, 0) is 25.7 Å². The number of aryl methyl sites for hydroxylation is 1. The van der Waals surface area contributed by atoms with Crippen LogP contribution < -0.4 is 10.6 Å². The lowest BCUT2D eigenvalue weighted by Gasteiger charge is -2.35. The van der Waals surface area contributed by atoms with Gasteiger partial charge < -0.3 is 20.6 Å². The Balaban J connectivity index is 1.51. The van der Waals surface area contributed by atoms with Gasteiger partial charge >= 0.3 is 5.97 Å². The maximum atomic E-state index is 13.7. The molecule has 1 fully saturated rings. The molecule has 2 unspecified atom stereocenters. The number of rotatable bonds is 14. The Morgan fingerprint density at radius 3 is 2.32 bits per heavy atom. The van der Waals surface area contributed by atoms with E-state index in [4.69, 9.17) is 5.11 Å². The van der Waals surface area contributed by atoms with Crippen molar-refractivity contribution in [3.05, 3.63) is 41.0 Å². The minimum absolute atomic E-state index is 0.173. The average molecular weight is 585 g/mol. The van der Waals surface area contributed by atoms with Gasteiger partial charge in [0, 0.05) is 25.9 Å². The molecule has 1 aromatic heterocycles. The molecule has 1 aromatic carbocycles. The van der Waals surface area contributed by atoms with Gasteiger partial charge in [0.25, 0.3) is 0 Å². The van der Waals surface area contributed by atoms with Crippen molar-refractivity contribution in [1.82, 2.24) is 20.5 Å². The number of hydrogen-bond acceptors (Lipinski definition) is 6. The number of carbonyl (C=O) groups excluding carboxylic acids is 3. The van der Waals surface area contributed by atoms with Crippen LogP contribution in [0.4, 0.5) is 0 Å². The number of aromatic nitrogens is 1. The lowest BCUT2D eigenvalue weighted by molar-refractivity contribution is -0.144. The van der Waals surface area contributed by atoms with Gasteiger partial charge in [-0.25, -0.2) is 4.98 Å². The number of unbranched alkanes of at least 4 members (excludes halogenated alkanes) is 4. The fraction of sp³-hybridized carbons (Fsp3) is 0.581. The molecular formula is C31H44N4O5S. The van der Waals surface area contributed by atoms with E-state index in [2.05, 4.69) is 15.6 Å². The number of thiazole rings is 1. The summed E-state index contributed by atoms with van der Waals surface area (Å²) in [5.41, 5.74) is 4.38. The third-order valence-electron chi connectivity index (χ3n) is 7.48. The Hall–Kier alpha value is -3.27. The van der Waals surface area contributed by atoms with E-state index in [-0.39, 0.29) is 24.1 Å². The van der Waals surface area contributed by atoms with Crippen LogP contribution in [0.3, 0.4) is 0 Å². The Bertz CT molecular complexity index is 1190. The maximum Gasteiger partial charge on any atom is 0.303 e. The van der Waals surface area contributed by atoms with E-state index < -0.39 is 23.5 Å². The first-order valence-electron chi connectivity index (χ1n) is 14.6. The number of carboxylic acids is 1. The summed E-state index contributed by atoms with van der Waals surface area (Å²) in [6, 6.07) is 6.75. The molecule has 3 N–H and O–H groups in total. The number of aliphatic carboxylic acids is 1. The third-order valence-corrected chi connectivity index (χ3v) is 8.46. The van der Waals surface area contributed by atoms with Crippen LogP contribution in [0.2, 0.25) is 0 Å². The fourth-order valence-electron chi connectivity index (χ4n) is 5.10. The average Bonchev–Trinajstić information content (AvgIpc) is 3.58. The highest BCUT2D eigenvalue weighted by Crippen LogP contribution is 2.28. The molecule has 2 aromatic rings. The van der Waals surface area contributed by atoms with Crippen LogP contribution in [0.15, 0.2) is 29.8 Å². The van der Waals surface area contributed by atoms with Gasteiger partial charge in [-0.1, -0.05) is 64.3 Å². The van der Waals surface area contributed by atoms with Crippen molar-refractivity contribution < 1.29 is 24.3 Å². The second kappa shape index (κ2) is 15.1. The molecule has 0 saturated carbocycles. The van der Waals surface area contributed by atoms with Crippen LogP contribution in [0.1, 0.15) is 89.8 Å². The Kier molecular flexibility index (Phi) is 11.9. The largest absolute Gasteiger partial charge is 0.481 e. The minimum Gasteiger partial charge on any atom is -0.481 e. The maximum absolute atomic E-state index is 13.7. The van der Waals surface area contributed by atoms with Gasteiger partial charge in [0.2, 0.25) is 17.7 Å². The zero-order chi connectivity index (χ0) is 30.0. The van der Waals surface area contributed by atoms with E-state index >= 15 is 0 Å². The standard InChI is InChI=1S/C31H44N4O5S/c1-21-27(41-20-33-21)23-16-14-22(15-17-23)19-32-29(39)24-11-10-18-35(24)30(40)28(31(2,3)4)34-25(36)12-8-6-5-7-9-13-26(37)38/h14-17,20,24,28H,5-13,18-19H2,1-4H3,(H,32,39)(H,34,36)(H,37,38). The van der Waals surface area contributed by atoms with Gasteiger partial charge in [0.05, 0.1) is 16.1 Å². The number of nitrogens with one attached hydrogen (secondary N) is 2. The van der Waals surface area contributed by atoms with Crippen LogP contribution in [0.25, 0.3) is 10.4 Å². The summed E-state index contributed by atoms with van der Waals surface area (Å²) in [6.07, 6.45) is 5.68. The van der Waals surface area contributed by atoms with E-state index in [0.29, 0.717) is 38.8 Å². The first-order valence-corrected chi connectivity index (χ1v) is 15.4. The predicted octanol–water partition coefficient (Wildman–Crippen LogP) is 5.07. The molecule has 2 atom stereocenters. The van der Waals surface area contributed by atoms with Gasteiger partial charge in [-0.15, -0.1) is 11.3 Å². The molecule has 3 rings (SSSR count). The monoisotopic (exact) mass is 584 g/mol. The SMILES string of the molecule is Cc1ncsc1-c1ccc(CNC(=O)C2CCCN2C(=O)C(NC(=O)CCCCCCCC(=O)O)C(C)(C)C)cc1. The number of likely N-dealkylation sites (tertiary alicyclic amines) is 1. The molecular weight excluding hydrogens is 540 g/mol. The summed E-state index contributed by atoms with van der Waals surface area (Å²) in [4.78, 5) is 57.3. The lowest BCUT2D eigenvalue weighted by atomic mass is 9.85. The number of benzene rings is 1. The number of amides is 3. The summed E-state index contributed by atoms with van der Waals surface area (Å²) in [5, 5.41) is 14.7. The van der Waals surface area contributed by atoms with E-state index in [1.165, 1.54) is 0 Å². The zero-order valence-electron chi connectivity index (χ0n) is 24.7. The highest BCUT2D eigenvalue weighted by atomic mass is 32.1. The zero-order valence-corrected chi connectivity index (χ0v) is 25.5. The lowest BCUT2D eigenvalue weighted by Crippen LogP contribution is -2.57. The van der Waals surface area contributed by atoms with Gasteiger partial charge in [0.1, 0.15) is 12.1 Å². The first kappa shape index (κ1) is 32.2. The van der Waals surface area contributed by atoms with Crippen molar-refractivity contribution in [2.75, 3.05) is 6.54 Å². The van der Waals surface area contributed by atoms with Crippen molar-refractivity contribution >= 4 is 35.0 Å².